The average Bonchev–Trinajstić information content (AvgIpc) is 3.76. The van der Waals surface area contributed by atoms with Gasteiger partial charge < -0.3 is 14.0 Å². The van der Waals surface area contributed by atoms with Crippen LogP contribution in [0.4, 0.5) is 0 Å². The van der Waals surface area contributed by atoms with Gasteiger partial charge in [0.05, 0.1) is 30.5 Å². The van der Waals surface area contributed by atoms with E-state index in [9.17, 15) is 0 Å². The number of hydrogen-bond donors (Lipinski definition) is 0. The first-order valence-electron chi connectivity index (χ1n) is 19.2. The third-order valence-corrected chi connectivity index (χ3v) is 12.3. The molecule has 0 unspecified atom stereocenters. The van der Waals surface area contributed by atoms with Crippen molar-refractivity contribution in [1.29, 1.82) is 0 Å². The van der Waals surface area contributed by atoms with E-state index in [2.05, 4.69) is 171 Å². The Bertz CT molecular complexity index is 2830. The molecule has 1 radical (unpaired) electrons. The van der Waals surface area contributed by atoms with Crippen molar-refractivity contribution >= 4 is 46.4 Å². The molecular formula is C50H46IrN4OSi-2. The molecule has 0 aliphatic heterocycles. The molecule has 0 amide bonds. The van der Waals surface area contributed by atoms with Crippen LogP contribution in [0.15, 0.2) is 138 Å². The molecule has 0 saturated heterocycles. The summed E-state index contributed by atoms with van der Waals surface area (Å²) in [6, 6.07) is 50.9. The third-order valence-electron chi connectivity index (χ3n) is 10.2. The standard InChI is InChI=1S/C35H28N3O.C15H18NSi.Ir/c1-22-17-19-26-25-13-10-14-27(32(25)39-34(26)36-22)33-37-29-15-8-9-16-31(29)38(33)30-20-18-24(21-28(30)35(2,3)4)23-11-6-5-7-12-23;1-12-5-7-13(8-6-12)15-10-9-14(11-16-15)17(2,3)4;/h5-13,15-21H,1-4H3;5-7,9-11H,1-4H3;/q2*-1;. The number of benzene rings is 5. The van der Waals surface area contributed by atoms with Gasteiger partial charge in [-0.1, -0.05) is 119 Å². The molecule has 4 heterocycles. The molecule has 57 heavy (non-hydrogen) atoms. The van der Waals surface area contributed by atoms with Gasteiger partial charge in [0.25, 0.3) is 0 Å². The van der Waals surface area contributed by atoms with Gasteiger partial charge in [-0.2, -0.15) is 0 Å². The monoisotopic (exact) mass is 939 g/mol. The van der Waals surface area contributed by atoms with Gasteiger partial charge in [0.15, 0.2) is 0 Å². The van der Waals surface area contributed by atoms with Crippen LogP contribution in [0.3, 0.4) is 0 Å². The third kappa shape index (κ3) is 8.06. The number of aromatic nitrogens is 4. The van der Waals surface area contributed by atoms with Crippen LogP contribution in [0.2, 0.25) is 19.6 Å². The number of rotatable bonds is 5. The first-order valence-corrected chi connectivity index (χ1v) is 22.7. The van der Waals surface area contributed by atoms with E-state index in [1.807, 2.05) is 43.5 Å². The van der Waals surface area contributed by atoms with Crippen molar-refractivity contribution in [3.8, 4) is 39.5 Å². The number of fused-ring (bicyclic) bond motifs is 4. The molecule has 0 aliphatic carbocycles. The van der Waals surface area contributed by atoms with Crippen molar-refractivity contribution in [2.45, 2.75) is 59.7 Å². The summed E-state index contributed by atoms with van der Waals surface area (Å²) in [7, 11) is -1.24. The Kier molecular flexibility index (Phi) is 11.0. The smallest absolute Gasteiger partial charge is 0.216 e. The Balaban J connectivity index is 0.000000232. The predicted molar refractivity (Wildman–Crippen MR) is 236 cm³/mol. The van der Waals surface area contributed by atoms with Gasteiger partial charge in [0.1, 0.15) is 0 Å². The Hall–Kier alpha value is -5.46. The topological polar surface area (TPSA) is 56.7 Å². The summed E-state index contributed by atoms with van der Waals surface area (Å²) in [5.41, 5.74) is 13.0. The quantitative estimate of drug-likeness (QED) is 0.127. The maximum atomic E-state index is 6.38. The van der Waals surface area contributed by atoms with E-state index in [-0.39, 0.29) is 25.5 Å². The molecule has 0 spiro atoms. The molecular weight excluding hydrogens is 893 g/mol. The van der Waals surface area contributed by atoms with Gasteiger partial charge in [-0.05, 0) is 76.3 Å². The van der Waals surface area contributed by atoms with Gasteiger partial charge >= 0.3 is 0 Å². The Morgan fingerprint density at radius 2 is 1.49 bits per heavy atom. The fourth-order valence-corrected chi connectivity index (χ4v) is 8.15. The maximum Gasteiger partial charge on any atom is 0.216 e. The van der Waals surface area contributed by atoms with E-state index in [4.69, 9.17) is 9.40 Å². The fourth-order valence-electron chi connectivity index (χ4n) is 7.12. The minimum atomic E-state index is -1.24. The minimum absolute atomic E-state index is 0. The number of imidazole rings is 1. The number of nitrogens with zero attached hydrogens (tertiary/aromatic N) is 4. The van der Waals surface area contributed by atoms with E-state index in [0.29, 0.717) is 5.71 Å². The molecule has 9 rings (SSSR count). The summed E-state index contributed by atoms with van der Waals surface area (Å²) >= 11 is 0. The van der Waals surface area contributed by atoms with Crippen LogP contribution >= 0.6 is 0 Å². The predicted octanol–water partition coefficient (Wildman–Crippen LogP) is 12.5. The number of para-hydroxylation sites is 2. The minimum Gasteiger partial charge on any atom is -0.486 e. The van der Waals surface area contributed by atoms with Crippen molar-refractivity contribution in [3.05, 3.63) is 163 Å². The number of hydrogen-bond acceptors (Lipinski definition) is 4. The molecule has 9 aromatic rings. The molecule has 0 fully saturated rings. The van der Waals surface area contributed by atoms with Crippen LogP contribution in [0, 0.1) is 26.0 Å². The zero-order valence-electron chi connectivity index (χ0n) is 33.7. The Morgan fingerprint density at radius 1 is 0.719 bits per heavy atom. The summed E-state index contributed by atoms with van der Waals surface area (Å²) < 4.78 is 8.65. The maximum absolute atomic E-state index is 6.38. The second-order valence-corrected chi connectivity index (χ2v) is 21.6. The normalized spacial score (nSPS) is 11.7. The largest absolute Gasteiger partial charge is 0.486 e. The Labute approximate surface area is 350 Å². The van der Waals surface area contributed by atoms with E-state index in [0.717, 1.165) is 61.4 Å². The second-order valence-electron chi connectivity index (χ2n) is 16.6. The van der Waals surface area contributed by atoms with E-state index in [1.165, 1.54) is 27.4 Å². The van der Waals surface area contributed by atoms with E-state index in [1.54, 1.807) is 0 Å². The molecule has 4 aromatic heterocycles. The second kappa shape index (κ2) is 15.8. The van der Waals surface area contributed by atoms with Crippen LogP contribution in [0.25, 0.3) is 72.6 Å². The van der Waals surface area contributed by atoms with Gasteiger partial charge in [0.2, 0.25) is 5.71 Å². The van der Waals surface area contributed by atoms with Crippen LogP contribution in [0.5, 0.6) is 0 Å². The van der Waals surface area contributed by atoms with Crippen LogP contribution in [0.1, 0.15) is 37.6 Å². The molecule has 7 heteroatoms. The molecule has 5 aromatic carbocycles. The van der Waals surface area contributed by atoms with Crippen molar-refractivity contribution in [3.63, 3.8) is 0 Å². The van der Waals surface area contributed by atoms with Crippen LogP contribution in [-0.4, -0.2) is 27.6 Å². The average molecular weight is 939 g/mol. The fraction of sp³-hybridized carbons (Fsp3) is 0.180. The molecule has 287 valence electrons. The Morgan fingerprint density at radius 3 is 2.19 bits per heavy atom. The van der Waals surface area contributed by atoms with Crippen molar-refractivity contribution in [2.75, 3.05) is 0 Å². The number of aryl methyl sites for hydroxylation is 2. The van der Waals surface area contributed by atoms with Gasteiger partial charge in [0, 0.05) is 43.1 Å². The van der Waals surface area contributed by atoms with Gasteiger partial charge in [-0.3, -0.25) is 4.98 Å². The summed E-state index contributed by atoms with van der Waals surface area (Å²) in [6.07, 6.45) is 2.02. The number of furan rings is 1. The molecule has 0 bridgehead atoms. The molecule has 0 aliphatic rings. The zero-order chi connectivity index (χ0) is 39.2. The summed E-state index contributed by atoms with van der Waals surface area (Å²) in [4.78, 5) is 14.3. The van der Waals surface area contributed by atoms with Gasteiger partial charge in [-0.25, -0.2) is 4.98 Å². The molecule has 0 N–H and O–H groups in total. The van der Waals surface area contributed by atoms with Crippen LogP contribution in [-0.2, 0) is 25.5 Å². The molecule has 0 atom stereocenters. The SMILES string of the molecule is Cc1c[c-]c(-c2ccc([Si](C)(C)C)cn2)cc1.Cc1ccc2c(n1)oc1c(-c3nc4ccccc4n3-c3ccc(-c4ccccc4)cc3C(C)(C)C)[c-]ccc12.[Ir]. The van der Waals surface area contributed by atoms with Crippen molar-refractivity contribution in [2.24, 2.45) is 0 Å². The van der Waals surface area contributed by atoms with E-state index < -0.39 is 8.07 Å². The molecule has 0 saturated carbocycles. The first-order chi connectivity index (χ1) is 26.8. The van der Waals surface area contributed by atoms with Gasteiger partial charge in [-0.15, -0.1) is 53.6 Å². The van der Waals surface area contributed by atoms with Crippen molar-refractivity contribution in [1.82, 2.24) is 19.5 Å². The summed E-state index contributed by atoms with van der Waals surface area (Å²) in [5.74, 6) is 0.801. The summed E-state index contributed by atoms with van der Waals surface area (Å²) in [5, 5.41) is 3.41. The van der Waals surface area contributed by atoms with E-state index >= 15 is 0 Å². The number of pyridine rings is 2. The van der Waals surface area contributed by atoms with Crippen LogP contribution < -0.4 is 5.19 Å². The molecule has 5 nitrogen and oxygen atoms in total. The zero-order valence-corrected chi connectivity index (χ0v) is 37.1. The first kappa shape index (κ1) is 39.8. The summed E-state index contributed by atoms with van der Waals surface area (Å²) in [6.45, 7) is 17.8. The van der Waals surface area contributed by atoms with Crippen molar-refractivity contribution < 1.29 is 24.5 Å².